The maximum atomic E-state index is 12.2. The number of ether oxygens (including phenoxy) is 1. The molecule has 0 aromatic rings. The zero-order valence-corrected chi connectivity index (χ0v) is 12.2. The van der Waals surface area contributed by atoms with E-state index in [-0.39, 0.29) is 18.1 Å². The highest BCUT2D eigenvalue weighted by Crippen LogP contribution is 2.39. The Hall–Kier alpha value is -1.30. The number of nitrogens with zero attached hydrogens (tertiary/aromatic N) is 1. The largest absolute Gasteiger partial charge is 0.480 e. The molecule has 0 spiro atoms. The van der Waals surface area contributed by atoms with Gasteiger partial charge in [0.05, 0.1) is 6.10 Å². The highest BCUT2D eigenvalue weighted by Gasteiger charge is 2.49. The lowest BCUT2D eigenvalue weighted by atomic mass is 9.96. The summed E-state index contributed by atoms with van der Waals surface area (Å²) in [5.41, 5.74) is -1.15. The Morgan fingerprint density at radius 1 is 1.35 bits per heavy atom. The summed E-state index contributed by atoms with van der Waals surface area (Å²) in [5.74, 6) is -0.918. The van der Waals surface area contributed by atoms with Crippen LogP contribution >= 0.6 is 0 Å². The summed E-state index contributed by atoms with van der Waals surface area (Å²) in [6.07, 6.45) is 4.93. The first kappa shape index (κ1) is 15.1. The quantitative estimate of drug-likeness (QED) is 0.801. The number of likely N-dealkylation sites (N-methyl/N-ethyl adjacent to an activating group) is 1. The van der Waals surface area contributed by atoms with Gasteiger partial charge in [0.2, 0.25) is 0 Å². The van der Waals surface area contributed by atoms with Gasteiger partial charge in [-0.25, -0.2) is 9.59 Å². The molecule has 1 saturated carbocycles. The summed E-state index contributed by atoms with van der Waals surface area (Å²) < 4.78 is 5.60. The van der Waals surface area contributed by atoms with Crippen LogP contribution in [0.5, 0.6) is 0 Å². The zero-order valence-electron chi connectivity index (χ0n) is 12.2. The van der Waals surface area contributed by atoms with E-state index in [1.165, 1.54) is 4.90 Å². The third-order valence-electron chi connectivity index (χ3n) is 4.30. The predicted octanol–water partition coefficient (Wildman–Crippen LogP) is 1.45. The highest BCUT2D eigenvalue weighted by atomic mass is 16.5. The van der Waals surface area contributed by atoms with Crippen LogP contribution in [0.15, 0.2) is 0 Å². The van der Waals surface area contributed by atoms with Crippen LogP contribution in [-0.4, -0.2) is 53.8 Å². The Balaban J connectivity index is 1.87. The fourth-order valence-corrected chi connectivity index (χ4v) is 2.65. The molecule has 0 bridgehead atoms. The van der Waals surface area contributed by atoms with Gasteiger partial charge in [-0.05, 0) is 44.9 Å². The summed E-state index contributed by atoms with van der Waals surface area (Å²) in [6.45, 7) is 2.84. The van der Waals surface area contributed by atoms with E-state index >= 15 is 0 Å². The number of carbonyl (C=O) groups excluding carboxylic acids is 1. The number of aliphatic carboxylic acids is 1. The molecular formula is C14H24N2O4. The van der Waals surface area contributed by atoms with Crippen LogP contribution in [0.25, 0.3) is 0 Å². The normalized spacial score (nSPS) is 25.6. The molecule has 2 rings (SSSR count). The van der Waals surface area contributed by atoms with Crippen molar-refractivity contribution in [3.05, 3.63) is 0 Å². The van der Waals surface area contributed by atoms with Gasteiger partial charge in [-0.3, -0.25) is 0 Å². The summed E-state index contributed by atoms with van der Waals surface area (Å²) in [4.78, 5) is 25.1. The number of amides is 2. The summed E-state index contributed by atoms with van der Waals surface area (Å²) in [6, 6.07) is -0.337. The molecular weight excluding hydrogens is 260 g/mol. The maximum Gasteiger partial charge on any atom is 0.329 e. The van der Waals surface area contributed by atoms with Crippen molar-refractivity contribution in [2.75, 3.05) is 20.2 Å². The molecule has 6 nitrogen and oxygen atoms in total. The third kappa shape index (κ3) is 3.42. The second-order valence-corrected chi connectivity index (χ2v) is 6.08. The number of carbonyl (C=O) groups is 2. The first-order valence-corrected chi connectivity index (χ1v) is 7.31. The van der Waals surface area contributed by atoms with E-state index in [0.29, 0.717) is 6.54 Å². The van der Waals surface area contributed by atoms with Crippen molar-refractivity contribution in [3.8, 4) is 0 Å². The van der Waals surface area contributed by atoms with Crippen LogP contribution in [0, 0.1) is 5.92 Å². The Morgan fingerprint density at radius 3 is 2.55 bits per heavy atom. The van der Waals surface area contributed by atoms with Crippen LogP contribution in [0.3, 0.4) is 0 Å². The molecule has 1 saturated heterocycles. The SMILES string of the molecule is CN(CC1CCCCO1)C(=O)NC(C)(C(=O)O)C1CC1. The molecule has 114 valence electrons. The fraction of sp³-hybridized carbons (Fsp3) is 0.857. The van der Waals surface area contributed by atoms with E-state index in [0.717, 1.165) is 38.7 Å². The second-order valence-electron chi connectivity index (χ2n) is 6.08. The van der Waals surface area contributed by atoms with E-state index in [9.17, 15) is 14.7 Å². The minimum atomic E-state index is -1.15. The number of hydrogen-bond acceptors (Lipinski definition) is 3. The first-order chi connectivity index (χ1) is 9.43. The standard InChI is InChI=1S/C14H24N2O4/c1-14(12(17)18,10-6-7-10)15-13(19)16(2)9-11-5-3-4-8-20-11/h10-11H,3-9H2,1-2H3,(H,15,19)(H,17,18). The summed E-state index contributed by atoms with van der Waals surface area (Å²) in [7, 11) is 1.68. The number of carboxylic acids is 1. The lowest BCUT2D eigenvalue weighted by molar-refractivity contribution is -0.144. The molecule has 1 aliphatic carbocycles. The van der Waals surface area contributed by atoms with Crippen molar-refractivity contribution in [2.45, 2.75) is 50.7 Å². The highest BCUT2D eigenvalue weighted by molar-refractivity contribution is 5.86. The fourth-order valence-electron chi connectivity index (χ4n) is 2.65. The third-order valence-corrected chi connectivity index (χ3v) is 4.30. The molecule has 2 amide bonds. The lowest BCUT2D eigenvalue weighted by Crippen LogP contribution is -2.57. The Labute approximate surface area is 119 Å². The predicted molar refractivity (Wildman–Crippen MR) is 73.5 cm³/mol. The van der Waals surface area contributed by atoms with Gasteiger partial charge in [-0.1, -0.05) is 0 Å². The molecule has 2 aliphatic rings. The molecule has 2 atom stereocenters. The molecule has 0 radical (unpaired) electrons. The van der Waals surface area contributed by atoms with Gasteiger partial charge in [0.25, 0.3) is 0 Å². The Bertz CT molecular complexity index is 377. The molecule has 2 fully saturated rings. The van der Waals surface area contributed by atoms with Gasteiger partial charge in [0.15, 0.2) is 0 Å². The molecule has 2 N–H and O–H groups in total. The maximum absolute atomic E-state index is 12.2. The van der Waals surface area contributed by atoms with Crippen molar-refractivity contribution in [1.29, 1.82) is 0 Å². The van der Waals surface area contributed by atoms with Gasteiger partial charge in [-0.2, -0.15) is 0 Å². The average molecular weight is 284 g/mol. The minimum Gasteiger partial charge on any atom is -0.480 e. The Morgan fingerprint density at radius 2 is 2.05 bits per heavy atom. The topological polar surface area (TPSA) is 78.9 Å². The number of rotatable bonds is 5. The molecule has 1 aliphatic heterocycles. The van der Waals surface area contributed by atoms with Crippen LogP contribution in [0.2, 0.25) is 0 Å². The van der Waals surface area contributed by atoms with E-state index in [1.807, 2.05) is 0 Å². The van der Waals surface area contributed by atoms with E-state index in [4.69, 9.17) is 4.74 Å². The zero-order chi connectivity index (χ0) is 14.8. The average Bonchev–Trinajstić information content (AvgIpc) is 3.24. The van der Waals surface area contributed by atoms with Crippen molar-refractivity contribution in [1.82, 2.24) is 10.2 Å². The second kappa shape index (κ2) is 5.99. The lowest BCUT2D eigenvalue weighted by Gasteiger charge is -2.31. The van der Waals surface area contributed by atoms with Crippen LogP contribution in [-0.2, 0) is 9.53 Å². The van der Waals surface area contributed by atoms with Gasteiger partial charge < -0.3 is 20.1 Å². The van der Waals surface area contributed by atoms with Crippen molar-refractivity contribution >= 4 is 12.0 Å². The first-order valence-electron chi connectivity index (χ1n) is 7.31. The minimum absolute atomic E-state index is 0.0447. The van der Waals surface area contributed by atoms with Crippen molar-refractivity contribution < 1.29 is 19.4 Å². The van der Waals surface area contributed by atoms with Crippen molar-refractivity contribution in [2.24, 2.45) is 5.92 Å². The number of carboxylic acid groups (broad SMARTS) is 1. The van der Waals surface area contributed by atoms with Crippen molar-refractivity contribution in [3.63, 3.8) is 0 Å². The van der Waals surface area contributed by atoms with Gasteiger partial charge in [0, 0.05) is 20.2 Å². The van der Waals surface area contributed by atoms with Crippen LogP contribution < -0.4 is 5.32 Å². The molecule has 0 aromatic heterocycles. The molecule has 6 heteroatoms. The van der Waals surface area contributed by atoms with Crippen LogP contribution in [0.1, 0.15) is 39.0 Å². The monoisotopic (exact) mass is 284 g/mol. The van der Waals surface area contributed by atoms with Crippen LogP contribution in [0.4, 0.5) is 4.79 Å². The molecule has 1 heterocycles. The Kier molecular flexibility index (Phi) is 4.52. The summed E-state index contributed by atoms with van der Waals surface area (Å²) in [5, 5.41) is 12.0. The van der Waals surface area contributed by atoms with E-state index in [1.54, 1.807) is 14.0 Å². The van der Waals surface area contributed by atoms with Gasteiger partial charge >= 0.3 is 12.0 Å². The summed E-state index contributed by atoms with van der Waals surface area (Å²) >= 11 is 0. The number of urea groups is 1. The molecule has 20 heavy (non-hydrogen) atoms. The van der Waals surface area contributed by atoms with E-state index < -0.39 is 11.5 Å². The molecule has 2 unspecified atom stereocenters. The van der Waals surface area contributed by atoms with Gasteiger partial charge in [-0.15, -0.1) is 0 Å². The smallest absolute Gasteiger partial charge is 0.329 e. The molecule has 0 aromatic carbocycles. The van der Waals surface area contributed by atoms with E-state index in [2.05, 4.69) is 5.32 Å². The number of hydrogen-bond donors (Lipinski definition) is 2. The number of nitrogens with one attached hydrogen (secondary N) is 1. The van der Waals surface area contributed by atoms with Gasteiger partial charge in [0.1, 0.15) is 5.54 Å².